The first-order valence-electron chi connectivity index (χ1n) is 8.62. The van der Waals surface area contributed by atoms with Crippen molar-refractivity contribution in [2.24, 2.45) is 0 Å². The summed E-state index contributed by atoms with van der Waals surface area (Å²) >= 11 is 5.80. The Labute approximate surface area is 173 Å². The fraction of sp³-hybridized carbons (Fsp3) is 0.158. The maximum Gasteiger partial charge on any atom is 0.573 e. The van der Waals surface area contributed by atoms with E-state index in [-0.39, 0.29) is 17.5 Å². The monoisotopic (exact) mass is 435 g/mol. The van der Waals surface area contributed by atoms with Crippen LogP contribution in [0.25, 0.3) is 23.0 Å². The summed E-state index contributed by atoms with van der Waals surface area (Å²) in [5, 5.41) is 8.76. The maximum atomic E-state index is 12.3. The predicted molar refractivity (Wildman–Crippen MR) is 101 cm³/mol. The summed E-state index contributed by atoms with van der Waals surface area (Å²) in [6.45, 7) is 2.37. The zero-order valence-electron chi connectivity index (χ0n) is 15.4. The highest BCUT2D eigenvalue weighted by molar-refractivity contribution is 6.29. The van der Waals surface area contributed by atoms with Crippen molar-refractivity contribution >= 4 is 11.6 Å². The van der Waals surface area contributed by atoms with Crippen LogP contribution in [0.5, 0.6) is 5.75 Å². The van der Waals surface area contributed by atoms with Crippen molar-refractivity contribution in [1.82, 2.24) is 24.9 Å². The van der Waals surface area contributed by atoms with Crippen LogP contribution in [0.2, 0.25) is 5.15 Å². The van der Waals surface area contributed by atoms with Crippen LogP contribution in [0.15, 0.2) is 53.2 Å². The molecule has 0 saturated carbocycles. The van der Waals surface area contributed by atoms with Crippen molar-refractivity contribution in [2.75, 3.05) is 0 Å². The van der Waals surface area contributed by atoms with Gasteiger partial charge in [0.15, 0.2) is 5.69 Å². The van der Waals surface area contributed by atoms with E-state index in [0.29, 0.717) is 23.0 Å². The number of benzene rings is 1. The highest BCUT2D eigenvalue weighted by Gasteiger charge is 2.31. The molecule has 0 saturated heterocycles. The molecule has 7 nitrogen and oxygen atoms in total. The number of halogens is 4. The van der Waals surface area contributed by atoms with Crippen LogP contribution in [0.4, 0.5) is 13.2 Å². The molecule has 0 aliphatic rings. The highest BCUT2D eigenvalue weighted by Crippen LogP contribution is 2.27. The van der Waals surface area contributed by atoms with Gasteiger partial charge in [-0.05, 0) is 48.9 Å². The largest absolute Gasteiger partial charge is 0.573 e. The SMILES string of the molecule is Cc1cc(-c2nc(-c3ccc(OC(F)(F)F)cc3)no2)nn1Cc1ccc(Cl)nc1. The molecule has 0 aliphatic heterocycles. The molecule has 0 atom stereocenters. The van der Waals surface area contributed by atoms with Crippen LogP contribution in [0.3, 0.4) is 0 Å². The summed E-state index contributed by atoms with van der Waals surface area (Å²) in [6.07, 6.45) is -3.08. The second kappa shape index (κ2) is 7.79. The van der Waals surface area contributed by atoms with E-state index in [4.69, 9.17) is 16.1 Å². The van der Waals surface area contributed by atoms with Gasteiger partial charge in [-0.2, -0.15) is 10.1 Å². The van der Waals surface area contributed by atoms with Gasteiger partial charge in [0.25, 0.3) is 5.89 Å². The average Bonchev–Trinajstić information content (AvgIpc) is 3.30. The molecule has 0 spiro atoms. The van der Waals surface area contributed by atoms with Gasteiger partial charge >= 0.3 is 6.36 Å². The van der Waals surface area contributed by atoms with Crippen LogP contribution < -0.4 is 4.74 Å². The Kier molecular flexibility index (Phi) is 5.17. The molecular formula is C19H13ClF3N5O2. The lowest BCUT2D eigenvalue weighted by Gasteiger charge is -2.08. The molecule has 3 heterocycles. The Morgan fingerprint density at radius 2 is 1.90 bits per heavy atom. The molecule has 0 bridgehead atoms. The first-order chi connectivity index (χ1) is 14.3. The van der Waals surface area contributed by atoms with E-state index in [2.05, 4.69) is 25.0 Å². The summed E-state index contributed by atoms with van der Waals surface area (Å²) in [5.41, 5.74) is 2.74. The smallest absolute Gasteiger partial charge is 0.406 e. The summed E-state index contributed by atoms with van der Waals surface area (Å²) in [4.78, 5) is 8.33. The first-order valence-corrected chi connectivity index (χ1v) is 9.00. The van der Waals surface area contributed by atoms with Gasteiger partial charge in [0.05, 0.1) is 6.54 Å². The lowest BCUT2D eigenvalue weighted by Crippen LogP contribution is -2.16. The lowest BCUT2D eigenvalue weighted by molar-refractivity contribution is -0.274. The number of rotatable bonds is 5. The number of aryl methyl sites for hydroxylation is 1. The molecular weight excluding hydrogens is 423 g/mol. The van der Waals surface area contributed by atoms with Gasteiger partial charge in [-0.15, -0.1) is 13.2 Å². The van der Waals surface area contributed by atoms with Gasteiger partial charge in [0.1, 0.15) is 10.9 Å². The van der Waals surface area contributed by atoms with Crippen molar-refractivity contribution in [2.45, 2.75) is 19.8 Å². The second-order valence-corrected chi connectivity index (χ2v) is 6.70. The van der Waals surface area contributed by atoms with Crippen molar-refractivity contribution in [3.8, 4) is 28.7 Å². The number of pyridine rings is 1. The molecule has 0 radical (unpaired) electrons. The van der Waals surface area contributed by atoms with E-state index in [1.54, 1.807) is 23.0 Å². The van der Waals surface area contributed by atoms with Gasteiger partial charge in [0.2, 0.25) is 5.82 Å². The normalized spacial score (nSPS) is 11.6. The Bertz CT molecular complexity index is 1150. The quantitative estimate of drug-likeness (QED) is 0.415. The standard InChI is InChI=1S/C19H13ClF3N5O2/c1-11-8-15(26-28(11)10-12-2-7-16(20)24-9-12)18-25-17(27-30-18)13-3-5-14(6-4-13)29-19(21,22)23/h2-9H,10H2,1H3. The number of hydrogen-bond donors (Lipinski definition) is 0. The van der Waals surface area contributed by atoms with E-state index in [0.717, 1.165) is 11.3 Å². The lowest BCUT2D eigenvalue weighted by atomic mass is 10.2. The molecule has 4 rings (SSSR count). The molecule has 11 heteroatoms. The van der Waals surface area contributed by atoms with Crippen LogP contribution >= 0.6 is 11.6 Å². The molecule has 30 heavy (non-hydrogen) atoms. The Morgan fingerprint density at radius 3 is 2.57 bits per heavy atom. The zero-order chi connectivity index (χ0) is 21.3. The Morgan fingerprint density at radius 1 is 1.13 bits per heavy atom. The minimum absolute atomic E-state index is 0.191. The molecule has 0 unspecified atom stereocenters. The second-order valence-electron chi connectivity index (χ2n) is 6.31. The summed E-state index contributed by atoms with van der Waals surface area (Å²) in [5.74, 6) is 0.0791. The number of alkyl halides is 3. The third kappa shape index (κ3) is 4.60. The molecule has 4 aromatic rings. The number of hydrogen-bond acceptors (Lipinski definition) is 6. The van der Waals surface area contributed by atoms with Crippen molar-refractivity contribution < 1.29 is 22.4 Å². The van der Waals surface area contributed by atoms with Gasteiger partial charge in [-0.25, -0.2) is 4.98 Å². The van der Waals surface area contributed by atoms with Gasteiger partial charge < -0.3 is 9.26 Å². The fourth-order valence-electron chi connectivity index (χ4n) is 2.70. The van der Waals surface area contributed by atoms with Crippen molar-refractivity contribution in [3.05, 3.63) is 65.1 Å². The Balaban J connectivity index is 1.52. The van der Waals surface area contributed by atoms with E-state index >= 15 is 0 Å². The van der Waals surface area contributed by atoms with E-state index < -0.39 is 6.36 Å². The van der Waals surface area contributed by atoms with Gasteiger partial charge in [-0.1, -0.05) is 22.8 Å². The van der Waals surface area contributed by atoms with Crippen LogP contribution in [0.1, 0.15) is 11.3 Å². The molecule has 0 N–H and O–H groups in total. The topological polar surface area (TPSA) is 78.9 Å². The summed E-state index contributed by atoms with van der Waals surface area (Å²) < 4.78 is 47.7. The highest BCUT2D eigenvalue weighted by atomic mass is 35.5. The van der Waals surface area contributed by atoms with E-state index in [1.807, 2.05) is 13.0 Å². The summed E-state index contributed by atoms with van der Waals surface area (Å²) in [7, 11) is 0. The minimum atomic E-state index is -4.75. The molecule has 0 fully saturated rings. The molecule has 3 aromatic heterocycles. The third-order valence-corrected chi connectivity index (χ3v) is 4.32. The third-order valence-electron chi connectivity index (χ3n) is 4.09. The van der Waals surface area contributed by atoms with Gasteiger partial charge in [-0.3, -0.25) is 4.68 Å². The maximum absolute atomic E-state index is 12.3. The first kappa shape index (κ1) is 19.9. The van der Waals surface area contributed by atoms with Gasteiger partial charge in [0, 0.05) is 17.5 Å². The molecule has 0 aliphatic carbocycles. The van der Waals surface area contributed by atoms with Crippen molar-refractivity contribution in [1.29, 1.82) is 0 Å². The zero-order valence-corrected chi connectivity index (χ0v) is 16.1. The average molecular weight is 436 g/mol. The molecule has 0 amide bonds. The number of nitrogens with zero attached hydrogens (tertiary/aromatic N) is 5. The molecule has 154 valence electrons. The fourth-order valence-corrected chi connectivity index (χ4v) is 2.81. The van der Waals surface area contributed by atoms with E-state index in [1.165, 1.54) is 24.3 Å². The van der Waals surface area contributed by atoms with E-state index in [9.17, 15) is 13.2 Å². The predicted octanol–water partition coefficient (Wildman–Crippen LogP) is 4.90. The Hall–Kier alpha value is -3.40. The van der Waals surface area contributed by atoms with Crippen molar-refractivity contribution in [3.63, 3.8) is 0 Å². The van der Waals surface area contributed by atoms with Crippen LogP contribution in [-0.2, 0) is 6.54 Å². The minimum Gasteiger partial charge on any atom is -0.406 e. The summed E-state index contributed by atoms with van der Waals surface area (Å²) in [6, 6.07) is 10.5. The molecule has 1 aromatic carbocycles. The number of aromatic nitrogens is 5. The van der Waals surface area contributed by atoms with Crippen LogP contribution in [0, 0.1) is 6.92 Å². The van der Waals surface area contributed by atoms with Crippen LogP contribution in [-0.4, -0.2) is 31.3 Å². The number of ether oxygens (including phenoxy) is 1.